The van der Waals surface area contributed by atoms with Gasteiger partial charge in [0, 0.05) is 19.2 Å². The van der Waals surface area contributed by atoms with Gasteiger partial charge in [-0.1, -0.05) is 6.07 Å². The van der Waals surface area contributed by atoms with Gasteiger partial charge in [-0.2, -0.15) is 0 Å². The van der Waals surface area contributed by atoms with E-state index in [1.54, 1.807) is 24.3 Å². The average molecular weight is 297 g/mol. The van der Waals surface area contributed by atoms with E-state index in [0.29, 0.717) is 11.5 Å². The number of carbonyl (C=O) groups is 2. The molecule has 21 heavy (non-hydrogen) atoms. The Bertz CT molecular complexity index is 476. The number of carbonyl (C=O) groups excluding carboxylic acids is 1. The summed E-state index contributed by atoms with van der Waals surface area (Å²) in [5.74, 6) is -0.296. The van der Waals surface area contributed by atoms with Gasteiger partial charge in [0.05, 0.1) is 20.1 Å². The highest BCUT2D eigenvalue weighted by molar-refractivity contribution is 5.78. The molecule has 0 aliphatic heterocycles. The molecule has 0 heterocycles. The second kappa shape index (κ2) is 8.80. The van der Waals surface area contributed by atoms with Gasteiger partial charge in [-0.05, 0) is 12.1 Å². The largest absolute Gasteiger partial charge is 0.497 e. The molecule has 0 spiro atoms. The van der Waals surface area contributed by atoms with E-state index in [0.717, 1.165) is 0 Å². The predicted octanol–water partition coefficient (Wildman–Crippen LogP) is 0.370. The van der Waals surface area contributed by atoms with Crippen molar-refractivity contribution in [2.45, 2.75) is 6.42 Å². The highest BCUT2D eigenvalue weighted by Crippen LogP contribution is 2.18. The molecule has 0 aliphatic carbocycles. The zero-order valence-electron chi connectivity index (χ0n) is 11.8. The predicted molar refractivity (Wildman–Crippen MR) is 74.4 cm³/mol. The van der Waals surface area contributed by atoms with Crippen LogP contribution < -0.4 is 9.47 Å². The quantitative estimate of drug-likeness (QED) is 0.683. The fraction of sp³-hybridized carbons (Fsp3) is 0.429. The number of aliphatic hydroxyl groups is 1. The van der Waals surface area contributed by atoms with Crippen molar-refractivity contribution in [3.05, 3.63) is 24.3 Å². The van der Waals surface area contributed by atoms with Crippen molar-refractivity contribution in [2.24, 2.45) is 0 Å². The number of benzene rings is 1. The molecule has 0 aromatic heterocycles. The van der Waals surface area contributed by atoms with Gasteiger partial charge in [-0.25, -0.2) is 0 Å². The molecule has 0 saturated heterocycles. The van der Waals surface area contributed by atoms with Crippen LogP contribution in [0.3, 0.4) is 0 Å². The van der Waals surface area contributed by atoms with Gasteiger partial charge in [0.15, 0.2) is 6.61 Å². The maximum atomic E-state index is 11.9. The summed E-state index contributed by atoms with van der Waals surface area (Å²) in [6.45, 7) is -0.346. The molecule has 1 aromatic carbocycles. The standard InChI is InChI=1S/C14H19NO6/c1-20-11-3-2-4-12(9-11)21-10-13(17)15(7-8-16)6-5-14(18)19/h2-4,9,16H,5-8,10H2,1H3,(H,18,19). The van der Waals surface area contributed by atoms with Crippen LogP contribution in [0.15, 0.2) is 24.3 Å². The number of rotatable bonds is 9. The van der Waals surface area contributed by atoms with Gasteiger partial charge in [0.25, 0.3) is 5.91 Å². The first-order chi connectivity index (χ1) is 10.1. The molecule has 0 bridgehead atoms. The number of amides is 1. The van der Waals surface area contributed by atoms with Gasteiger partial charge in [-0.3, -0.25) is 9.59 Å². The van der Waals surface area contributed by atoms with E-state index in [1.165, 1.54) is 12.0 Å². The van der Waals surface area contributed by atoms with Crippen LogP contribution in [-0.4, -0.2) is 60.4 Å². The van der Waals surface area contributed by atoms with Crippen molar-refractivity contribution in [3.8, 4) is 11.5 Å². The van der Waals surface area contributed by atoms with Crippen molar-refractivity contribution in [1.29, 1.82) is 0 Å². The monoisotopic (exact) mass is 297 g/mol. The summed E-state index contributed by atoms with van der Waals surface area (Å²) in [5.41, 5.74) is 0. The van der Waals surface area contributed by atoms with Crippen molar-refractivity contribution in [1.82, 2.24) is 4.90 Å². The molecule has 1 rings (SSSR count). The third-order valence-corrected chi connectivity index (χ3v) is 2.72. The summed E-state index contributed by atoms with van der Waals surface area (Å²) in [6, 6.07) is 6.80. The van der Waals surface area contributed by atoms with E-state index in [-0.39, 0.29) is 38.6 Å². The number of aliphatic carboxylic acids is 1. The van der Waals surface area contributed by atoms with E-state index in [2.05, 4.69) is 0 Å². The Labute approximate surface area is 122 Å². The topological polar surface area (TPSA) is 96.3 Å². The third-order valence-electron chi connectivity index (χ3n) is 2.72. The van der Waals surface area contributed by atoms with E-state index < -0.39 is 5.97 Å². The molecule has 0 unspecified atom stereocenters. The molecule has 7 nitrogen and oxygen atoms in total. The molecule has 0 saturated carbocycles. The van der Waals surface area contributed by atoms with Crippen LogP contribution in [0, 0.1) is 0 Å². The zero-order valence-corrected chi connectivity index (χ0v) is 11.8. The minimum Gasteiger partial charge on any atom is -0.497 e. The van der Waals surface area contributed by atoms with Gasteiger partial charge in [-0.15, -0.1) is 0 Å². The molecule has 116 valence electrons. The second-order valence-electron chi connectivity index (χ2n) is 4.22. The summed E-state index contributed by atoms with van der Waals surface area (Å²) in [5, 5.41) is 17.5. The molecule has 1 aromatic rings. The summed E-state index contributed by atoms with van der Waals surface area (Å²) < 4.78 is 10.4. The van der Waals surface area contributed by atoms with Gasteiger partial charge in [0.2, 0.25) is 0 Å². The smallest absolute Gasteiger partial charge is 0.305 e. The Balaban J connectivity index is 2.53. The van der Waals surface area contributed by atoms with Gasteiger partial charge in [0.1, 0.15) is 11.5 Å². The van der Waals surface area contributed by atoms with Crippen LogP contribution in [0.4, 0.5) is 0 Å². The fourth-order valence-corrected chi connectivity index (χ4v) is 1.64. The van der Waals surface area contributed by atoms with E-state index >= 15 is 0 Å². The summed E-state index contributed by atoms with van der Waals surface area (Å²) >= 11 is 0. The lowest BCUT2D eigenvalue weighted by molar-refractivity contribution is -0.139. The maximum absolute atomic E-state index is 11.9. The molecule has 0 radical (unpaired) electrons. The fourth-order valence-electron chi connectivity index (χ4n) is 1.64. The van der Waals surface area contributed by atoms with E-state index in [1.807, 2.05) is 0 Å². The first-order valence-electron chi connectivity index (χ1n) is 6.44. The van der Waals surface area contributed by atoms with Crippen molar-refractivity contribution in [2.75, 3.05) is 33.4 Å². The molecule has 7 heteroatoms. The van der Waals surface area contributed by atoms with Crippen LogP contribution in [0.25, 0.3) is 0 Å². The highest BCUT2D eigenvalue weighted by Gasteiger charge is 2.15. The van der Waals surface area contributed by atoms with Crippen molar-refractivity contribution < 1.29 is 29.3 Å². The number of hydrogen-bond acceptors (Lipinski definition) is 5. The number of hydrogen-bond donors (Lipinski definition) is 2. The molecule has 0 aliphatic rings. The molecular formula is C14H19NO6. The van der Waals surface area contributed by atoms with E-state index in [9.17, 15) is 9.59 Å². The highest BCUT2D eigenvalue weighted by atomic mass is 16.5. The Morgan fingerprint density at radius 3 is 2.57 bits per heavy atom. The first kappa shape index (κ1) is 16.8. The van der Waals surface area contributed by atoms with Crippen molar-refractivity contribution >= 4 is 11.9 Å². The number of ether oxygens (including phenoxy) is 2. The number of aliphatic hydroxyl groups excluding tert-OH is 1. The van der Waals surface area contributed by atoms with Crippen LogP contribution in [0.2, 0.25) is 0 Å². The minimum atomic E-state index is -1.00. The molecular weight excluding hydrogens is 278 g/mol. The summed E-state index contributed by atoms with van der Waals surface area (Å²) in [7, 11) is 1.53. The molecule has 2 N–H and O–H groups in total. The lowest BCUT2D eigenvalue weighted by Crippen LogP contribution is -2.38. The van der Waals surface area contributed by atoms with Gasteiger partial charge < -0.3 is 24.6 Å². The first-order valence-corrected chi connectivity index (χ1v) is 6.44. The number of carboxylic acid groups (broad SMARTS) is 1. The minimum absolute atomic E-state index is 0.0379. The number of carboxylic acids is 1. The van der Waals surface area contributed by atoms with Crippen molar-refractivity contribution in [3.63, 3.8) is 0 Å². The van der Waals surface area contributed by atoms with Crippen LogP contribution >= 0.6 is 0 Å². The number of methoxy groups -OCH3 is 1. The van der Waals surface area contributed by atoms with Gasteiger partial charge >= 0.3 is 5.97 Å². The maximum Gasteiger partial charge on any atom is 0.305 e. The van der Waals surface area contributed by atoms with Crippen LogP contribution in [-0.2, 0) is 9.59 Å². The Kier molecular flexibility index (Phi) is 7.03. The Hall–Kier alpha value is -2.28. The molecule has 0 fully saturated rings. The van der Waals surface area contributed by atoms with Crippen LogP contribution in [0.5, 0.6) is 11.5 Å². The Morgan fingerprint density at radius 1 is 1.24 bits per heavy atom. The SMILES string of the molecule is COc1cccc(OCC(=O)N(CCO)CCC(=O)O)c1. The lowest BCUT2D eigenvalue weighted by Gasteiger charge is -2.21. The molecule has 0 atom stereocenters. The normalized spacial score (nSPS) is 10.0. The molecule has 1 amide bonds. The summed E-state index contributed by atoms with van der Waals surface area (Å²) in [4.78, 5) is 23.7. The van der Waals surface area contributed by atoms with E-state index in [4.69, 9.17) is 19.7 Å². The summed E-state index contributed by atoms with van der Waals surface area (Å²) in [6.07, 6.45) is -0.176. The zero-order chi connectivity index (χ0) is 15.7. The average Bonchev–Trinajstić information content (AvgIpc) is 2.49. The Morgan fingerprint density at radius 2 is 1.95 bits per heavy atom. The van der Waals surface area contributed by atoms with Crippen LogP contribution in [0.1, 0.15) is 6.42 Å². The number of nitrogens with zero attached hydrogens (tertiary/aromatic N) is 1. The lowest BCUT2D eigenvalue weighted by atomic mass is 10.3. The second-order valence-corrected chi connectivity index (χ2v) is 4.22. The third kappa shape index (κ3) is 6.13.